The minimum atomic E-state index is -0.0592. The van der Waals surface area contributed by atoms with Crippen LogP contribution in [0, 0.1) is 5.92 Å². The molecule has 1 aromatic carbocycles. The lowest BCUT2D eigenvalue weighted by Gasteiger charge is -2.24. The van der Waals surface area contributed by atoms with Gasteiger partial charge in [0.15, 0.2) is 0 Å². The summed E-state index contributed by atoms with van der Waals surface area (Å²) >= 11 is 0. The van der Waals surface area contributed by atoms with Crippen LogP contribution in [0.1, 0.15) is 45.6 Å². The maximum Gasteiger partial charge on any atom is 0.241 e. The van der Waals surface area contributed by atoms with Crippen molar-refractivity contribution >= 4 is 5.91 Å². The Bertz CT molecular complexity index is 444. The SMILES string of the molecule is CCCC1NC(Cc2ccccc2)C(=O)N1CCC(C)C. The molecule has 1 fully saturated rings. The molecule has 0 saturated carbocycles. The van der Waals surface area contributed by atoms with Gasteiger partial charge in [-0.05, 0) is 30.7 Å². The monoisotopic (exact) mass is 288 g/mol. The minimum Gasteiger partial charge on any atom is -0.326 e. The summed E-state index contributed by atoms with van der Waals surface area (Å²) < 4.78 is 0. The Morgan fingerprint density at radius 1 is 1.24 bits per heavy atom. The summed E-state index contributed by atoms with van der Waals surface area (Å²) in [7, 11) is 0. The molecule has 3 heteroatoms. The minimum absolute atomic E-state index is 0.0592. The molecule has 1 N–H and O–H groups in total. The maximum absolute atomic E-state index is 12.7. The highest BCUT2D eigenvalue weighted by Gasteiger charge is 2.37. The summed E-state index contributed by atoms with van der Waals surface area (Å²) in [6.45, 7) is 7.48. The first-order valence-corrected chi connectivity index (χ1v) is 8.22. The molecule has 3 nitrogen and oxygen atoms in total. The third kappa shape index (κ3) is 4.31. The predicted molar refractivity (Wildman–Crippen MR) is 86.9 cm³/mol. The van der Waals surface area contributed by atoms with E-state index in [0.717, 1.165) is 32.2 Å². The predicted octanol–water partition coefficient (Wildman–Crippen LogP) is 3.20. The average molecular weight is 288 g/mol. The van der Waals surface area contributed by atoms with Gasteiger partial charge >= 0.3 is 0 Å². The van der Waals surface area contributed by atoms with Crippen LogP contribution in [0.4, 0.5) is 0 Å². The Hall–Kier alpha value is -1.35. The summed E-state index contributed by atoms with van der Waals surface area (Å²) in [6, 6.07) is 10.2. The maximum atomic E-state index is 12.7. The molecule has 1 aliphatic rings. The van der Waals surface area contributed by atoms with Crippen LogP contribution >= 0.6 is 0 Å². The van der Waals surface area contributed by atoms with Gasteiger partial charge in [0.2, 0.25) is 5.91 Å². The van der Waals surface area contributed by atoms with Gasteiger partial charge in [0.05, 0.1) is 12.2 Å². The van der Waals surface area contributed by atoms with Crippen LogP contribution in [-0.4, -0.2) is 29.6 Å². The van der Waals surface area contributed by atoms with E-state index in [1.165, 1.54) is 5.56 Å². The van der Waals surface area contributed by atoms with Crippen LogP contribution in [0.2, 0.25) is 0 Å². The number of nitrogens with one attached hydrogen (secondary N) is 1. The fourth-order valence-corrected chi connectivity index (χ4v) is 2.92. The van der Waals surface area contributed by atoms with E-state index in [2.05, 4.69) is 43.1 Å². The van der Waals surface area contributed by atoms with Gasteiger partial charge in [0.25, 0.3) is 0 Å². The van der Waals surface area contributed by atoms with Crippen molar-refractivity contribution < 1.29 is 4.79 Å². The van der Waals surface area contributed by atoms with E-state index in [9.17, 15) is 4.79 Å². The number of hydrogen-bond acceptors (Lipinski definition) is 2. The Balaban J connectivity index is 2.02. The smallest absolute Gasteiger partial charge is 0.241 e. The zero-order chi connectivity index (χ0) is 15.2. The number of carbonyl (C=O) groups is 1. The van der Waals surface area contributed by atoms with E-state index in [4.69, 9.17) is 0 Å². The third-order valence-corrected chi connectivity index (χ3v) is 4.14. The van der Waals surface area contributed by atoms with E-state index < -0.39 is 0 Å². The van der Waals surface area contributed by atoms with E-state index >= 15 is 0 Å². The van der Waals surface area contributed by atoms with Crippen molar-refractivity contribution in [1.82, 2.24) is 10.2 Å². The highest BCUT2D eigenvalue weighted by Crippen LogP contribution is 2.19. The van der Waals surface area contributed by atoms with E-state index in [1.807, 2.05) is 18.2 Å². The van der Waals surface area contributed by atoms with Gasteiger partial charge in [-0.3, -0.25) is 10.1 Å². The molecule has 2 atom stereocenters. The van der Waals surface area contributed by atoms with Gasteiger partial charge in [-0.1, -0.05) is 57.5 Å². The van der Waals surface area contributed by atoms with Gasteiger partial charge in [-0.2, -0.15) is 0 Å². The van der Waals surface area contributed by atoms with E-state index in [-0.39, 0.29) is 18.1 Å². The van der Waals surface area contributed by atoms with Crippen molar-refractivity contribution in [3.05, 3.63) is 35.9 Å². The second kappa shape index (κ2) is 7.60. The zero-order valence-corrected chi connectivity index (χ0v) is 13.5. The first-order valence-electron chi connectivity index (χ1n) is 8.22. The molecule has 0 spiro atoms. The molecule has 21 heavy (non-hydrogen) atoms. The van der Waals surface area contributed by atoms with Crippen LogP contribution in [0.25, 0.3) is 0 Å². The Morgan fingerprint density at radius 3 is 2.57 bits per heavy atom. The molecular weight excluding hydrogens is 260 g/mol. The fraction of sp³-hybridized carbons (Fsp3) is 0.611. The van der Waals surface area contributed by atoms with Gasteiger partial charge in [0, 0.05) is 6.54 Å². The molecule has 1 amide bonds. The van der Waals surface area contributed by atoms with Crippen molar-refractivity contribution in [1.29, 1.82) is 0 Å². The number of benzene rings is 1. The Labute approximate surface area is 128 Å². The largest absolute Gasteiger partial charge is 0.326 e. The molecule has 1 aromatic rings. The van der Waals surface area contributed by atoms with Crippen LogP contribution in [0.15, 0.2) is 30.3 Å². The summed E-state index contributed by atoms with van der Waals surface area (Å²) in [4.78, 5) is 14.7. The number of nitrogens with zero attached hydrogens (tertiary/aromatic N) is 1. The second-order valence-corrected chi connectivity index (χ2v) is 6.43. The number of amides is 1. The first kappa shape index (κ1) is 16.0. The lowest BCUT2D eigenvalue weighted by atomic mass is 10.1. The topological polar surface area (TPSA) is 32.3 Å². The molecule has 0 bridgehead atoms. The summed E-state index contributed by atoms with van der Waals surface area (Å²) in [5.74, 6) is 0.909. The van der Waals surface area contributed by atoms with E-state index in [0.29, 0.717) is 5.92 Å². The quantitative estimate of drug-likeness (QED) is 0.835. The standard InChI is InChI=1S/C18H28N2O/c1-4-8-17-19-16(13-15-9-6-5-7-10-15)18(21)20(17)12-11-14(2)3/h5-7,9-10,14,16-17,19H,4,8,11-13H2,1-3H3. The van der Waals surface area contributed by atoms with E-state index in [1.54, 1.807) is 0 Å². The summed E-state index contributed by atoms with van der Waals surface area (Å²) in [5.41, 5.74) is 1.23. The molecule has 0 aliphatic carbocycles. The van der Waals surface area contributed by atoms with Crippen molar-refractivity contribution in [2.24, 2.45) is 5.92 Å². The first-order chi connectivity index (χ1) is 10.1. The third-order valence-electron chi connectivity index (χ3n) is 4.14. The van der Waals surface area contributed by atoms with Crippen LogP contribution in [0.3, 0.4) is 0 Å². The van der Waals surface area contributed by atoms with Gasteiger partial charge in [0.1, 0.15) is 0 Å². The lowest BCUT2D eigenvalue weighted by molar-refractivity contribution is -0.130. The van der Waals surface area contributed by atoms with Gasteiger partial charge in [-0.15, -0.1) is 0 Å². The molecule has 1 heterocycles. The summed E-state index contributed by atoms with van der Waals surface area (Å²) in [5, 5.41) is 3.54. The fourth-order valence-electron chi connectivity index (χ4n) is 2.92. The number of carbonyl (C=O) groups excluding carboxylic acids is 1. The number of rotatable bonds is 7. The van der Waals surface area contributed by atoms with Crippen molar-refractivity contribution in [2.75, 3.05) is 6.54 Å². The molecule has 0 aromatic heterocycles. The average Bonchev–Trinajstić information content (AvgIpc) is 2.74. The molecule has 116 valence electrons. The highest BCUT2D eigenvalue weighted by atomic mass is 16.2. The molecule has 2 rings (SSSR count). The molecule has 2 unspecified atom stereocenters. The Kier molecular flexibility index (Phi) is 5.80. The van der Waals surface area contributed by atoms with Crippen LogP contribution in [0.5, 0.6) is 0 Å². The van der Waals surface area contributed by atoms with Gasteiger partial charge in [-0.25, -0.2) is 0 Å². The molecular formula is C18H28N2O. The second-order valence-electron chi connectivity index (χ2n) is 6.43. The molecule has 0 radical (unpaired) electrons. The van der Waals surface area contributed by atoms with Crippen molar-refractivity contribution in [3.63, 3.8) is 0 Å². The van der Waals surface area contributed by atoms with Crippen LogP contribution < -0.4 is 5.32 Å². The summed E-state index contributed by atoms with van der Waals surface area (Å²) in [6.07, 6.45) is 4.22. The normalized spacial score (nSPS) is 22.3. The molecule has 1 aliphatic heterocycles. The van der Waals surface area contributed by atoms with Gasteiger partial charge < -0.3 is 4.90 Å². The highest BCUT2D eigenvalue weighted by molar-refractivity contribution is 5.84. The zero-order valence-electron chi connectivity index (χ0n) is 13.5. The van der Waals surface area contributed by atoms with Crippen molar-refractivity contribution in [3.8, 4) is 0 Å². The number of hydrogen-bond donors (Lipinski definition) is 1. The molecule has 1 saturated heterocycles. The van der Waals surface area contributed by atoms with Crippen molar-refractivity contribution in [2.45, 2.75) is 58.7 Å². The Morgan fingerprint density at radius 2 is 1.95 bits per heavy atom. The lowest BCUT2D eigenvalue weighted by Crippen LogP contribution is -2.38. The van der Waals surface area contributed by atoms with Crippen LogP contribution in [-0.2, 0) is 11.2 Å².